The Bertz CT molecular complexity index is 967. The smallest absolute Gasteiger partial charge is 0.269 e. The molecule has 0 bridgehead atoms. The van der Waals surface area contributed by atoms with Crippen molar-refractivity contribution in [2.75, 3.05) is 7.11 Å². The van der Waals surface area contributed by atoms with Crippen LogP contribution in [0.4, 0.5) is 5.69 Å². The highest BCUT2D eigenvalue weighted by molar-refractivity contribution is 5.43. The van der Waals surface area contributed by atoms with Gasteiger partial charge in [0.1, 0.15) is 12.3 Å². The highest BCUT2D eigenvalue weighted by Crippen LogP contribution is 2.29. The molecule has 0 spiro atoms. The zero-order valence-electron chi connectivity index (χ0n) is 15.4. The third-order valence-corrected chi connectivity index (χ3v) is 4.06. The lowest BCUT2D eigenvalue weighted by molar-refractivity contribution is -0.384. The number of ether oxygens (including phenoxy) is 2. The van der Waals surface area contributed by atoms with Gasteiger partial charge in [0.2, 0.25) is 0 Å². The minimum Gasteiger partial charge on any atom is -0.493 e. The third-order valence-electron chi connectivity index (χ3n) is 4.06. The van der Waals surface area contributed by atoms with Gasteiger partial charge in [-0.05, 0) is 29.7 Å². The zero-order valence-corrected chi connectivity index (χ0v) is 15.4. The van der Waals surface area contributed by atoms with Crippen LogP contribution >= 0.6 is 0 Å². The standard InChI is InChI=1S/C20H20N4O4/c1-3-4-15-7-10-19(20(11-15)27-2)28-14-17-13-23(22-21-17)12-16-5-8-18(9-6-16)24(25)26/h3,5-11,13H,1,4,12,14H2,2H3. The number of hydrogen-bond acceptors (Lipinski definition) is 6. The van der Waals surface area contributed by atoms with E-state index in [0.717, 1.165) is 17.5 Å². The van der Waals surface area contributed by atoms with Gasteiger partial charge in [-0.1, -0.05) is 29.5 Å². The van der Waals surface area contributed by atoms with Crippen molar-refractivity contribution < 1.29 is 14.4 Å². The number of aromatic nitrogens is 3. The van der Waals surface area contributed by atoms with Crippen LogP contribution in [0, 0.1) is 10.1 Å². The molecule has 8 nitrogen and oxygen atoms in total. The fraction of sp³-hybridized carbons (Fsp3) is 0.200. The lowest BCUT2D eigenvalue weighted by atomic mass is 10.1. The normalized spacial score (nSPS) is 10.5. The van der Waals surface area contributed by atoms with Gasteiger partial charge in [0.15, 0.2) is 11.5 Å². The van der Waals surface area contributed by atoms with Crippen LogP contribution in [0.5, 0.6) is 11.5 Å². The van der Waals surface area contributed by atoms with E-state index in [0.29, 0.717) is 23.7 Å². The van der Waals surface area contributed by atoms with Gasteiger partial charge in [0, 0.05) is 12.1 Å². The molecule has 0 fully saturated rings. The molecule has 1 aromatic heterocycles. The average Bonchev–Trinajstić information content (AvgIpc) is 3.14. The molecule has 0 aliphatic carbocycles. The first-order valence-electron chi connectivity index (χ1n) is 8.62. The van der Waals surface area contributed by atoms with E-state index >= 15 is 0 Å². The van der Waals surface area contributed by atoms with Crippen molar-refractivity contribution in [1.29, 1.82) is 0 Å². The molecule has 3 rings (SSSR count). The van der Waals surface area contributed by atoms with Crippen LogP contribution in [-0.4, -0.2) is 27.0 Å². The van der Waals surface area contributed by atoms with E-state index in [-0.39, 0.29) is 12.3 Å². The Hall–Kier alpha value is -3.68. The molecule has 2 aromatic carbocycles. The molecule has 0 saturated carbocycles. The summed E-state index contributed by atoms with van der Waals surface area (Å²) in [7, 11) is 1.60. The van der Waals surface area contributed by atoms with E-state index in [2.05, 4.69) is 16.9 Å². The van der Waals surface area contributed by atoms with Crippen molar-refractivity contribution in [2.24, 2.45) is 0 Å². The molecule has 28 heavy (non-hydrogen) atoms. The number of hydrogen-bond donors (Lipinski definition) is 0. The number of nitro groups is 1. The molecule has 8 heteroatoms. The molecule has 0 aliphatic rings. The van der Waals surface area contributed by atoms with Crippen LogP contribution in [0.1, 0.15) is 16.8 Å². The molecule has 0 amide bonds. The highest BCUT2D eigenvalue weighted by Gasteiger charge is 2.09. The molecule has 0 unspecified atom stereocenters. The summed E-state index contributed by atoms with van der Waals surface area (Å²) in [4.78, 5) is 10.3. The van der Waals surface area contributed by atoms with Gasteiger partial charge in [-0.15, -0.1) is 11.7 Å². The summed E-state index contributed by atoms with van der Waals surface area (Å²) < 4.78 is 12.9. The van der Waals surface area contributed by atoms with E-state index in [1.54, 1.807) is 30.1 Å². The van der Waals surface area contributed by atoms with Crippen LogP contribution in [0.15, 0.2) is 61.3 Å². The molecule has 0 radical (unpaired) electrons. The topological polar surface area (TPSA) is 92.3 Å². The number of rotatable bonds is 9. The second-order valence-electron chi connectivity index (χ2n) is 6.10. The van der Waals surface area contributed by atoms with E-state index in [1.165, 1.54) is 12.1 Å². The van der Waals surface area contributed by atoms with Gasteiger partial charge in [0.25, 0.3) is 5.69 Å². The second-order valence-corrected chi connectivity index (χ2v) is 6.10. The maximum absolute atomic E-state index is 10.7. The molecule has 144 valence electrons. The first-order chi connectivity index (χ1) is 13.6. The molecular weight excluding hydrogens is 360 g/mol. The molecule has 0 aliphatic heterocycles. The number of benzene rings is 2. The molecule has 0 atom stereocenters. The number of nitrogens with zero attached hydrogens (tertiary/aromatic N) is 4. The summed E-state index contributed by atoms with van der Waals surface area (Å²) in [6.45, 7) is 4.44. The minimum absolute atomic E-state index is 0.0597. The summed E-state index contributed by atoms with van der Waals surface area (Å²) in [6.07, 6.45) is 4.37. The van der Waals surface area contributed by atoms with Gasteiger partial charge < -0.3 is 9.47 Å². The maximum atomic E-state index is 10.7. The van der Waals surface area contributed by atoms with Crippen molar-refractivity contribution >= 4 is 5.69 Å². The Labute approximate surface area is 162 Å². The second kappa shape index (κ2) is 8.81. The quantitative estimate of drug-likeness (QED) is 0.320. The zero-order chi connectivity index (χ0) is 19.9. The number of methoxy groups -OCH3 is 1. The summed E-state index contributed by atoms with van der Waals surface area (Å²) in [5.41, 5.74) is 2.71. The largest absolute Gasteiger partial charge is 0.493 e. The van der Waals surface area contributed by atoms with E-state index < -0.39 is 4.92 Å². The Morgan fingerprint density at radius 3 is 2.61 bits per heavy atom. The van der Waals surface area contributed by atoms with Crippen LogP contribution in [0.25, 0.3) is 0 Å². The Morgan fingerprint density at radius 1 is 1.18 bits per heavy atom. The SMILES string of the molecule is C=CCc1ccc(OCc2cn(Cc3ccc([N+](=O)[O-])cc3)nn2)c(OC)c1. The molecule has 0 N–H and O–H groups in total. The average molecular weight is 380 g/mol. The Kier molecular flexibility index (Phi) is 6.01. The van der Waals surface area contributed by atoms with Crippen molar-refractivity contribution in [1.82, 2.24) is 15.0 Å². The van der Waals surface area contributed by atoms with Gasteiger partial charge >= 0.3 is 0 Å². The summed E-state index contributed by atoms with van der Waals surface area (Å²) in [5.74, 6) is 1.28. The predicted molar refractivity (Wildman–Crippen MR) is 103 cm³/mol. The first kappa shape index (κ1) is 19.1. The van der Waals surface area contributed by atoms with E-state index in [9.17, 15) is 10.1 Å². The van der Waals surface area contributed by atoms with Gasteiger partial charge in [-0.25, -0.2) is 4.68 Å². The molecule has 0 saturated heterocycles. The van der Waals surface area contributed by atoms with E-state index in [1.807, 2.05) is 24.3 Å². The number of nitro benzene ring substituents is 1. The fourth-order valence-electron chi connectivity index (χ4n) is 2.67. The first-order valence-corrected chi connectivity index (χ1v) is 8.62. The molecule has 3 aromatic rings. The number of non-ortho nitro benzene ring substituents is 1. The number of allylic oxidation sites excluding steroid dienone is 1. The lowest BCUT2D eigenvalue weighted by Gasteiger charge is -2.10. The van der Waals surface area contributed by atoms with Gasteiger partial charge in [-0.3, -0.25) is 10.1 Å². The van der Waals surface area contributed by atoms with Crippen molar-refractivity contribution in [3.8, 4) is 11.5 Å². The van der Waals surface area contributed by atoms with Crippen LogP contribution in [0.3, 0.4) is 0 Å². The van der Waals surface area contributed by atoms with Crippen LogP contribution in [0.2, 0.25) is 0 Å². The fourth-order valence-corrected chi connectivity index (χ4v) is 2.67. The summed E-state index contributed by atoms with van der Waals surface area (Å²) in [6, 6.07) is 12.1. The monoisotopic (exact) mass is 380 g/mol. The van der Waals surface area contributed by atoms with Crippen LogP contribution in [-0.2, 0) is 19.6 Å². The van der Waals surface area contributed by atoms with Crippen molar-refractivity contribution in [2.45, 2.75) is 19.6 Å². The molecular formula is C20H20N4O4. The minimum atomic E-state index is -0.424. The van der Waals surface area contributed by atoms with Crippen molar-refractivity contribution in [3.63, 3.8) is 0 Å². The maximum Gasteiger partial charge on any atom is 0.269 e. The van der Waals surface area contributed by atoms with Gasteiger partial charge in [-0.2, -0.15) is 0 Å². The summed E-state index contributed by atoms with van der Waals surface area (Å²) in [5, 5.41) is 18.9. The lowest BCUT2D eigenvalue weighted by Crippen LogP contribution is -2.01. The third kappa shape index (κ3) is 4.73. The van der Waals surface area contributed by atoms with Crippen molar-refractivity contribution in [3.05, 3.63) is 88.3 Å². The summed E-state index contributed by atoms with van der Waals surface area (Å²) >= 11 is 0. The predicted octanol–water partition coefficient (Wildman–Crippen LogP) is 3.55. The molecule has 1 heterocycles. The highest BCUT2D eigenvalue weighted by atomic mass is 16.6. The van der Waals surface area contributed by atoms with Crippen LogP contribution < -0.4 is 9.47 Å². The van der Waals surface area contributed by atoms with Gasteiger partial charge in [0.05, 0.1) is 24.8 Å². The van der Waals surface area contributed by atoms with E-state index in [4.69, 9.17) is 9.47 Å². The Morgan fingerprint density at radius 2 is 1.93 bits per heavy atom. The Balaban J connectivity index is 1.61.